The minimum absolute atomic E-state index is 0.00545. The molecular formula is C26H40N4O3. The third-order valence-electron chi connectivity index (χ3n) is 6.22. The lowest BCUT2D eigenvalue weighted by Crippen LogP contribution is -2.35. The molecule has 2 rings (SSSR count). The highest BCUT2D eigenvalue weighted by atomic mass is 16.2. The highest BCUT2D eigenvalue weighted by molar-refractivity contribution is 5.83. The molecule has 0 fully saturated rings. The highest BCUT2D eigenvalue weighted by Crippen LogP contribution is 2.25. The van der Waals surface area contributed by atoms with Gasteiger partial charge in [0.05, 0.1) is 0 Å². The van der Waals surface area contributed by atoms with Gasteiger partial charge in [-0.1, -0.05) is 31.5 Å². The molecule has 2 aromatic rings. The van der Waals surface area contributed by atoms with E-state index >= 15 is 0 Å². The van der Waals surface area contributed by atoms with Gasteiger partial charge in [0.2, 0.25) is 11.8 Å². The molecule has 1 heterocycles. The zero-order valence-corrected chi connectivity index (χ0v) is 20.1. The van der Waals surface area contributed by atoms with E-state index in [0.29, 0.717) is 45.1 Å². The van der Waals surface area contributed by atoms with E-state index in [1.807, 2.05) is 31.3 Å². The van der Waals surface area contributed by atoms with Crippen molar-refractivity contribution in [3.63, 3.8) is 0 Å². The van der Waals surface area contributed by atoms with E-state index < -0.39 is 0 Å². The van der Waals surface area contributed by atoms with Crippen molar-refractivity contribution in [1.29, 1.82) is 0 Å². The number of unbranched alkanes of at least 4 members (excludes halogenated alkanes) is 1. The van der Waals surface area contributed by atoms with Gasteiger partial charge in [-0.25, -0.2) is 0 Å². The van der Waals surface area contributed by atoms with Gasteiger partial charge in [-0.3, -0.25) is 14.4 Å². The number of H-pyrrole nitrogens is 1. The first-order chi connectivity index (χ1) is 16.0. The maximum atomic E-state index is 12.9. The summed E-state index contributed by atoms with van der Waals surface area (Å²) in [4.78, 5) is 39.9. The highest BCUT2D eigenvalue weighted by Gasteiger charge is 2.19. The summed E-state index contributed by atoms with van der Waals surface area (Å²) in [5, 5.41) is 6.88. The van der Waals surface area contributed by atoms with Crippen LogP contribution in [-0.4, -0.2) is 42.2 Å². The number of carbonyl (C=O) groups is 3. The Morgan fingerprint density at radius 3 is 2.55 bits per heavy atom. The molecule has 0 saturated heterocycles. The van der Waals surface area contributed by atoms with E-state index in [9.17, 15) is 14.4 Å². The zero-order chi connectivity index (χ0) is 24.1. The van der Waals surface area contributed by atoms with Gasteiger partial charge in [-0.15, -0.1) is 0 Å². The van der Waals surface area contributed by atoms with Crippen LogP contribution in [-0.2, 0) is 20.8 Å². The minimum atomic E-state index is -0.00591. The standard InChI is InChI=1S/C26H40N4O3/c1-3-25(32)30-21(8-6-7-15-27)12-13-22(31)17-19(11-14-26(33)28-2)16-20-18-29-24-10-5-4-9-23(20)24/h4-5,9-10,18-19,21,29H,3,6-8,11-17,27H2,1-2H3,(H,28,33)(H,30,32)/t19-,21+/m1/s1. The van der Waals surface area contributed by atoms with E-state index in [-0.39, 0.29) is 29.6 Å². The van der Waals surface area contributed by atoms with Gasteiger partial charge in [0.25, 0.3) is 0 Å². The second kappa shape index (κ2) is 14.5. The van der Waals surface area contributed by atoms with E-state index in [4.69, 9.17) is 5.73 Å². The number of Topliss-reactive ketones (excluding diaryl/α,β-unsaturated/α-hetero) is 1. The molecule has 0 aliphatic heterocycles. The molecule has 2 atom stereocenters. The SMILES string of the molecule is CCC(=O)N[C@@H](CCCCN)CCC(=O)C[C@H](CCC(=O)NC)Cc1c[nH]c2ccccc12. The fraction of sp³-hybridized carbons (Fsp3) is 0.577. The van der Waals surface area contributed by atoms with Crippen molar-refractivity contribution < 1.29 is 14.4 Å². The molecule has 0 spiro atoms. The lowest BCUT2D eigenvalue weighted by molar-refractivity contribution is -0.123. The van der Waals surface area contributed by atoms with Gasteiger partial charge in [-0.2, -0.15) is 0 Å². The number of amides is 2. The van der Waals surface area contributed by atoms with Crippen molar-refractivity contribution in [3.8, 4) is 0 Å². The van der Waals surface area contributed by atoms with Gasteiger partial charge >= 0.3 is 0 Å². The second-order valence-electron chi connectivity index (χ2n) is 8.83. The van der Waals surface area contributed by atoms with Crippen LogP contribution in [0, 0.1) is 5.92 Å². The largest absolute Gasteiger partial charge is 0.361 e. The molecule has 182 valence electrons. The smallest absolute Gasteiger partial charge is 0.219 e. The Hall–Kier alpha value is -2.67. The number of rotatable bonds is 16. The number of para-hydroxylation sites is 1. The molecule has 0 bridgehead atoms. The number of nitrogens with one attached hydrogen (secondary N) is 3. The topological polar surface area (TPSA) is 117 Å². The lowest BCUT2D eigenvalue weighted by Gasteiger charge is -2.19. The summed E-state index contributed by atoms with van der Waals surface area (Å²) >= 11 is 0. The molecule has 1 aromatic heterocycles. The number of aromatic nitrogens is 1. The molecular weight excluding hydrogens is 416 g/mol. The Kier molecular flexibility index (Phi) is 11.7. The van der Waals surface area contributed by atoms with Gasteiger partial charge in [0, 0.05) is 55.9 Å². The number of ketones is 1. The molecule has 0 saturated carbocycles. The van der Waals surface area contributed by atoms with Crippen molar-refractivity contribution in [2.45, 2.75) is 77.2 Å². The van der Waals surface area contributed by atoms with Crippen molar-refractivity contribution in [3.05, 3.63) is 36.0 Å². The van der Waals surface area contributed by atoms with Crippen molar-refractivity contribution in [2.75, 3.05) is 13.6 Å². The molecule has 0 aliphatic carbocycles. The number of hydrogen-bond acceptors (Lipinski definition) is 4. The van der Waals surface area contributed by atoms with Gasteiger partial charge in [-0.05, 0) is 56.2 Å². The van der Waals surface area contributed by atoms with Crippen LogP contribution in [0.5, 0.6) is 0 Å². The first-order valence-electron chi connectivity index (χ1n) is 12.2. The molecule has 7 nitrogen and oxygen atoms in total. The second-order valence-corrected chi connectivity index (χ2v) is 8.83. The average Bonchev–Trinajstić information content (AvgIpc) is 3.23. The first-order valence-corrected chi connectivity index (χ1v) is 12.2. The maximum absolute atomic E-state index is 12.9. The fourth-order valence-corrected chi connectivity index (χ4v) is 4.26. The summed E-state index contributed by atoms with van der Waals surface area (Å²) in [6, 6.07) is 8.14. The van der Waals surface area contributed by atoms with Crippen molar-refractivity contribution in [1.82, 2.24) is 15.6 Å². The van der Waals surface area contributed by atoms with E-state index in [2.05, 4.69) is 21.7 Å². The molecule has 0 aliphatic rings. The number of carbonyl (C=O) groups excluding carboxylic acids is 3. The molecule has 7 heteroatoms. The van der Waals surface area contributed by atoms with E-state index in [1.54, 1.807) is 7.05 Å². The van der Waals surface area contributed by atoms with Crippen LogP contribution in [0.4, 0.5) is 0 Å². The molecule has 1 aromatic carbocycles. The van der Waals surface area contributed by atoms with Crippen LogP contribution < -0.4 is 16.4 Å². The normalized spacial score (nSPS) is 12.9. The number of hydrogen-bond donors (Lipinski definition) is 4. The Bertz CT molecular complexity index is 893. The monoisotopic (exact) mass is 456 g/mol. The number of nitrogens with two attached hydrogens (primary N) is 1. The van der Waals surface area contributed by atoms with Crippen LogP contribution in [0.3, 0.4) is 0 Å². The number of benzene rings is 1. The summed E-state index contributed by atoms with van der Waals surface area (Å²) in [6.07, 6.45) is 8.48. The zero-order valence-electron chi connectivity index (χ0n) is 20.1. The quantitative estimate of drug-likeness (QED) is 0.289. The average molecular weight is 457 g/mol. The summed E-state index contributed by atoms with van der Waals surface area (Å²) in [6.45, 7) is 2.47. The summed E-state index contributed by atoms with van der Waals surface area (Å²) < 4.78 is 0. The lowest BCUT2D eigenvalue weighted by atomic mass is 9.88. The van der Waals surface area contributed by atoms with Crippen molar-refractivity contribution >= 4 is 28.5 Å². The predicted octanol–water partition coefficient (Wildman–Crippen LogP) is 3.62. The van der Waals surface area contributed by atoms with Crippen LogP contribution in [0.1, 0.15) is 70.3 Å². The first kappa shape index (κ1) is 26.6. The summed E-state index contributed by atoms with van der Waals surface area (Å²) in [5.41, 5.74) is 7.85. The summed E-state index contributed by atoms with van der Waals surface area (Å²) in [7, 11) is 1.64. The molecule has 0 unspecified atom stereocenters. The minimum Gasteiger partial charge on any atom is -0.361 e. The van der Waals surface area contributed by atoms with Crippen LogP contribution in [0.2, 0.25) is 0 Å². The molecule has 0 radical (unpaired) electrons. The van der Waals surface area contributed by atoms with Gasteiger partial charge in [0.15, 0.2) is 0 Å². The Morgan fingerprint density at radius 1 is 1.03 bits per heavy atom. The predicted molar refractivity (Wildman–Crippen MR) is 133 cm³/mol. The third kappa shape index (κ3) is 9.38. The fourth-order valence-electron chi connectivity index (χ4n) is 4.26. The number of fused-ring (bicyclic) bond motifs is 1. The Labute approximate surface area is 197 Å². The van der Waals surface area contributed by atoms with E-state index in [1.165, 1.54) is 5.56 Å². The van der Waals surface area contributed by atoms with Crippen LogP contribution in [0.15, 0.2) is 30.5 Å². The van der Waals surface area contributed by atoms with Gasteiger partial charge < -0.3 is 21.4 Å². The van der Waals surface area contributed by atoms with Gasteiger partial charge in [0.1, 0.15) is 5.78 Å². The summed E-state index contributed by atoms with van der Waals surface area (Å²) in [5.74, 6) is 0.290. The van der Waals surface area contributed by atoms with Crippen molar-refractivity contribution in [2.24, 2.45) is 11.7 Å². The Balaban J connectivity index is 1.98. The Morgan fingerprint density at radius 2 is 1.82 bits per heavy atom. The molecule has 2 amide bonds. The molecule has 33 heavy (non-hydrogen) atoms. The molecule has 5 N–H and O–H groups in total. The number of aromatic amines is 1. The third-order valence-corrected chi connectivity index (χ3v) is 6.22. The van der Waals surface area contributed by atoms with Crippen LogP contribution >= 0.6 is 0 Å². The van der Waals surface area contributed by atoms with Crippen LogP contribution in [0.25, 0.3) is 10.9 Å². The van der Waals surface area contributed by atoms with E-state index in [0.717, 1.165) is 36.6 Å². The maximum Gasteiger partial charge on any atom is 0.219 e.